The summed E-state index contributed by atoms with van der Waals surface area (Å²) >= 11 is 3.38. The molecule has 0 atom stereocenters. The van der Waals surface area contributed by atoms with E-state index in [1.807, 2.05) is 16.8 Å². The van der Waals surface area contributed by atoms with Crippen molar-refractivity contribution in [3.63, 3.8) is 0 Å². The Bertz CT molecular complexity index is 523. The second kappa shape index (κ2) is 4.62. The summed E-state index contributed by atoms with van der Waals surface area (Å²) in [6, 6.07) is 0. The normalized spacial score (nSPS) is 12.0. The van der Waals surface area contributed by atoms with Crippen molar-refractivity contribution >= 4 is 27.4 Å². The Balaban J connectivity index is 2.37. The van der Waals surface area contributed by atoms with Gasteiger partial charge >= 0.3 is 0 Å². The second-order valence-corrected chi connectivity index (χ2v) is 5.32. The Kier molecular flexibility index (Phi) is 3.35. The Labute approximate surface area is 108 Å². The lowest BCUT2D eigenvalue weighted by Crippen LogP contribution is -2.36. The minimum Gasteiger partial charge on any atom is -0.382 e. The van der Waals surface area contributed by atoms with Crippen LogP contribution in [0.3, 0.4) is 0 Å². The number of nitrogens with zero attached hydrogens (tertiary/aromatic N) is 3. The number of hydrogen-bond acceptors (Lipinski definition) is 4. The molecule has 1 N–H and O–H groups in total. The predicted octanol–water partition coefficient (Wildman–Crippen LogP) is 2.33. The van der Waals surface area contributed by atoms with Crippen LogP contribution in [0.4, 0.5) is 5.82 Å². The molecule has 2 heterocycles. The molecule has 0 aromatic carbocycles. The van der Waals surface area contributed by atoms with E-state index in [1.54, 1.807) is 13.3 Å². The van der Waals surface area contributed by atoms with Crippen molar-refractivity contribution in [2.45, 2.75) is 19.4 Å². The first-order chi connectivity index (χ1) is 8.02. The van der Waals surface area contributed by atoms with Crippen molar-refractivity contribution in [2.75, 3.05) is 19.0 Å². The van der Waals surface area contributed by atoms with E-state index in [0.717, 1.165) is 16.1 Å². The Morgan fingerprint density at radius 2 is 2.29 bits per heavy atom. The molecule has 6 heteroatoms. The molecule has 17 heavy (non-hydrogen) atoms. The van der Waals surface area contributed by atoms with Crippen LogP contribution in [0.2, 0.25) is 0 Å². The van der Waals surface area contributed by atoms with Crippen LogP contribution in [0.1, 0.15) is 13.8 Å². The number of aromatic nitrogens is 3. The number of fused-ring (bicyclic) bond motifs is 1. The Morgan fingerprint density at radius 1 is 1.53 bits per heavy atom. The largest absolute Gasteiger partial charge is 0.382 e. The molecule has 0 amide bonds. The van der Waals surface area contributed by atoms with Gasteiger partial charge in [-0.3, -0.25) is 0 Å². The van der Waals surface area contributed by atoms with Crippen molar-refractivity contribution in [1.82, 2.24) is 14.4 Å². The number of halogens is 1. The summed E-state index contributed by atoms with van der Waals surface area (Å²) in [6.45, 7) is 4.70. The molecule has 0 spiro atoms. The van der Waals surface area contributed by atoms with Gasteiger partial charge in [0.1, 0.15) is 4.60 Å². The number of rotatable bonds is 4. The number of nitrogens with one attached hydrogen (secondary N) is 1. The SMILES string of the molecule is COCC(C)(C)Nc1nc(Br)cn2ccnc12. The van der Waals surface area contributed by atoms with Gasteiger partial charge in [0.2, 0.25) is 0 Å². The van der Waals surface area contributed by atoms with Gasteiger partial charge in [0.15, 0.2) is 11.5 Å². The van der Waals surface area contributed by atoms with E-state index in [-0.39, 0.29) is 5.54 Å². The standard InChI is InChI=1S/C11H15BrN4O/c1-11(2,7-17-3)15-9-10-13-4-5-16(10)6-8(12)14-9/h4-6H,7H2,1-3H3,(H,14,15). The maximum absolute atomic E-state index is 5.17. The van der Waals surface area contributed by atoms with Crippen molar-refractivity contribution in [3.05, 3.63) is 23.2 Å². The molecule has 0 bridgehead atoms. The summed E-state index contributed by atoms with van der Waals surface area (Å²) in [5.74, 6) is 0.742. The molecule has 0 unspecified atom stereocenters. The average molecular weight is 299 g/mol. The van der Waals surface area contributed by atoms with Gasteiger partial charge < -0.3 is 14.5 Å². The van der Waals surface area contributed by atoms with Gasteiger partial charge in [-0.2, -0.15) is 0 Å². The van der Waals surface area contributed by atoms with E-state index in [1.165, 1.54) is 0 Å². The van der Waals surface area contributed by atoms with E-state index < -0.39 is 0 Å². The number of methoxy groups -OCH3 is 1. The Morgan fingerprint density at radius 3 is 3.00 bits per heavy atom. The first kappa shape index (κ1) is 12.3. The summed E-state index contributed by atoms with van der Waals surface area (Å²) in [6.07, 6.45) is 5.51. The molecule has 0 aliphatic carbocycles. The van der Waals surface area contributed by atoms with E-state index in [9.17, 15) is 0 Å². The zero-order chi connectivity index (χ0) is 12.5. The van der Waals surface area contributed by atoms with Crippen LogP contribution >= 0.6 is 15.9 Å². The number of ether oxygens (including phenoxy) is 1. The van der Waals surface area contributed by atoms with Gasteiger partial charge in [0, 0.05) is 25.7 Å². The van der Waals surface area contributed by atoms with E-state index in [2.05, 4.69) is 45.1 Å². The number of hydrogen-bond donors (Lipinski definition) is 1. The van der Waals surface area contributed by atoms with E-state index in [4.69, 9.17) is 4.74 Å². The van der Waals surface area contributed by atoms with Crippen molar-refractivity contribution < 1.29 is 4.74 Å². The fourth-order valence-electron chi connectivity index (χ4n) is 1.70. The molecular weight excluding hydrogens is 284 g/mol. The van der Waals surface area contributed by atoms with Crippen molar-refractivity contribution in [1.29, 1.82) is 0 Å². The highest BCUT2D eigenvalue weighted by atomic mass is 79.9. The second-order valence-electron chi connectivity index (χ2n) is 4.51. The van der Waals surface area contributed by atoms with Crippen LogP contribution in [0.15, 0.2) is 23.2 Å². The lowest BCUT2D eigenvalue weighted by molar-refractivity contribution is 0.158. The summed E-state index contributed by atoms with van der Waals surface area (Å²) in [7, 11) is 1.68. The van der Waals surface area contributed by atoms with Gasteiger partial charge in [-0.05, 0) is 29.8 Å². The summed E-state index contributed by atoms with van der Waals surface area (Å²) in [5, 5.41) is 3.34. The third kappa shape index (κ3) is 2.76. The third-order valence-corrected chi connectivity index (χ3v) is 2.69. The fraction of sp³-hybridized carbons (Fsp3) is 0.455. The Hall–Kier alpha value is -1.14. The average Bonchev–Trinajstić information content (AvgIpc) is 2.64. The highest BCUT2D eigenvalue weighted by Gasteiger charge is 2.20. The van der Waals surface area contributed by atoms with Gasteiger partial charge in [0.25, 0.3) is 0 Å². The smallest absolute Gasteiger partial charge is 0.180 e. The molecule has 0 fully saturated rings. The number of imidazole rings is 1. The maximum atomic E-state index is 5.17. The van der Waals surface area contributed by atoms with Crippen LogP contribution < -0.4 is 5.32 Å². The van der Waals surface area contributed by atoms with Gasteiger partial charge in [-0.1, -0.05) is 0 Å². The first-order valence-corrected chi connectivity index (χ1v) is 6.07. The molecule has 92 valence electrons. The monoisotopic (exact) mass is 298 g/mol. The predicted molar refractivity (Wildman–Crippen MR) is 70.3 cm³/mol. The molecular formula is C11H15BrN4O. The highest BCUT2D eigenvalue weighted by molar-refractivity contribution is 9.10. The van der Waals surface area contributed by atoms with Crippen LogP contribution in [0, 0.1) is 0 Å². The van der Waals surface area contributed by atoms with Crippen molar-refractivity contribution in [2.24, 2.45) is 0 Å². The zero-order valence-electron chi connectivity index (χ0n) is 10.1. The lowest BCUT2D eigenvalue weighted by Gasteiger charge is -2.26. The van der Waals surface area contributed by atoms with Crippen LogP contribution in [0.5, 0.6) is 0 Å². The third-order valence-electron chi connectivity index (χ3n) is 2.31. The minimum absolute atomic E-state index is 0.199. The summed E-state index contributed by atoms with van der Waals surface area (Å²) in [5.41, 5.74) is 0.604. The molecule has 0 radical (unpaired) electrons. The van der Waals surface area contributed by atoms with Crippen LogP contribution in [0.25, 0.3) is 5.65 Å². The summed E-state index contributed by atoms with van der Waals surface area (Å²) in [4.78, 5) is 8.69. The number of anilines is 1. The first-order valence-electron chi connectivity index (χ1n) is 5.28. The maximum Gasteiger partial charge on any atom is 0.180 e. The van der Waals surface area contributed by atoms with Crippen LogP contribution in [-0.2, 0) is 4.74 Å². The topological polar surface area (TPSA) is 51.5 Å². The van der Waals surface area contributed by atoms with E-state index in [0.29, 0.717) is 6.61 Å². The van der Waals surface area contributed by atoms with Crippen LogP contribution in [-0.4, -0.2) is 33.6 Å². The minimum atomic E-state index is -0.199. The molecule has 0 saturated carbocycles. The molecule has 0 aliphatic heterocycles. The van der Waals surface area contributed by atoms with Crippen molar-refractivity contribution in [3.8, 4) is 0 Å². The van der Waals surface area contributed by atoms with Gasteiger partial charge in [0.05, 0.1) is 12.1 Å². The zero-order valence-corrected chi connectivity index (χ0v) is 11.7. The van der Waals surface area contributed by atoms with Gasteiger partial charge in [-0.25, -0.2) is 9.97 Å². The lowest BCUT2D eigenvalue weighted by atomic mass is 10.1. The quantitative estimate of drug-likeness (QED) is 0.941. The molecule has 0 saturated heterocycles. The van der Waals surface area contributed by atoms with E-state index >= 15 is 0 Å². The summed E-state index contributed by atoms with van der Waals surface area (Å²) < 4.78 is 7.86. The molecule has 2 aromatic heterocycles. The molecule has 0 aliphatic rings. The molecule has 2 aromatic rings. The molecule has 5 nitrogen and oxygen atoms in total. The fourth-order valence-corrected chi connectivity index (χ4v) is 2.10. The van der Waals surface area contributed by atoms with Gasteiger partial charge in [-0.15, -0.1) is 0 Å². The molecule has 2 rings (SSSR count). The highest BCUT2D eigenvalue weighted by Crippen LogP contribution is 2.20.